The molecule has 0 aromatic heterocycles. The zero-order valence-corrected chi connectivity index (χ0v) is 18.3. The van der Waals surface area contributed by atoms with Crippen molar-refractivity contribution in [3.63, 3.8) is 0 Å². The van der Waals surface area contributed by atoms with Crippen LogP contribution in [0.15, 0.2) is 18.2 Å². The van der Waals surface area contributed by atoms with Gasteiger partial charge in [-0.3, -0.25) is 0 Å². The Hall–Kier alpha value is -1.71. The molecule has 4 heteroatoms. The summed E-state index contributed by atoms with van der Waals surface area (Å²) in [5.41, 5.74) is 0.439. The second kappa shape index (κ2) is 16.3. The summed E-state index contributed by atoms with van der Waals surface area (Å²) in [6.07, 6.45) is 14.5. The quantitative estimate of drug-likeness (QED) is 0.212. The second-order valence-electron chi connectivity index (χ2n) is 7.36. The lowest BCUT2D eigenvalue weighted by Gasteiger charge is -2.15. The molecule has 0 saturated heterocycles. The molecule has 1 aromatic rings. The summed E-state index contributed by atoms with van der Waals surface area (Å²) in [5.74, 6) is 0.777. The lowest BCUT2D eigenvalue weighted by Crippen LogP contribution is -2.09. The molecule has 0 aliphatic heterocycles. The number of carbonyl (C=O) groups excluding carboxylic acids is 1. The van der Waals surface area contributed by atoms with Crippen molar-refractivity contribution >= 4 is 5.97 Å². The Kier molecular flexibility index (Phi) is 14.1. The van der Waals surface area contributed by atoms with E-state index in [1.54, 1.807) is 6.07 Å². The fraction of sp³-hybridized carbons (Fsp3) is 0.708. The van der Waals surface area contributed by atoms with Crippen LogP contribution in [0.4, 0.5) is 0 Å². The monoisotopic (exact) mass is 392 g/mol. The van der Waals surface area contributed by atoms with E-state index >= 15 is 0 Å². The maximum Gasteiger partial charge on any atom is 0.341 e. The van der Waals surface area contributed by atoms with Crippen LogP contribution in [0.3, 0.4) is 0 Å². The highest BCUT2D eigenvalue weighted by Gasteiger charge is 2.18. The van der Waals surface area contributed by atoms with Crippen molar-refractivity contribution in [1.29, 1.82) is 0 Å². The molecule has 1 rings (SSSR count). The number of para-hydroxylation sites is 1. The molecule has 4 nitrogen and oxygen atoms in total. The summed E-state index contributed by atoms with van der Waals surface area (Å²) in [4.78, 5) is 12.1. The van der Waals surface area contributed by atoms with Crippen molar-refractivity contribution in [2.24, 2.45) is 0 Å². The molecule has 28 heavy (non-hydrogen) atoms. The van der Waals surface area contributed by atoms with Gasteiger partial charge in [0.2, 0.25) is 0 Å². The highest BCUT2D eigenvalue weighted by atomic mass is 16.5. The molecule has 160 valence electrons. The van der Waals surface area contributed by atoms with E-state index in [4.69, 9.17) is 14.2 Å². The van der Waals surface area contributed by atoms with E-state index in [1.165, 1.54) is 64.9 Å². The minimum Gasteiger partial charge on any atom is -0.490 e. The average Bonchev–Trinajstić information content (AvgIpc) is 2.72. The molecule has 0 fully saturated rings. The minimum absolute atomic E-state index is 0.386. The molecule has 0 aliphatic rings. The van der Waals surface area contributed by atoms with E-state index in [0.29, 0.717) is 30.3 Å². The van der Waals surface area contributed by atoms with E-state index in [2.05, 4.69) is 13.8 Å². The average molecular weight is 393 g/mol. The summed E-state index contributed by atoms with van der Waals surface area (Å²) in [6.45, 7) is 5.68. The third-order valence-corrected chi connectivity index (χ3v) is 4.88. The van der Waals surface area contributed by atoms with Crippen LogP contribution in [0.25, 0.3) is 0 Å². The Labute approximate surface area is 172 Å². The SMILES string of the molecule is CCCCCCCCOc1cccc(C(=O)OC)c1OCCCCCCCC. The van der Waals surface area contributed by atoms with Crippen molar-refractivity contribution in [3.05, 3.63) is 23.8 Å². The first kappa shape index (κ1) is 24.3. The number of esters is 1. The number of carbonyl (C=O) groups is 1. The molecule has 0 amide bonds. The number of methoxy groups -OCH3 is 1. The molecule has 0 heterocycles. The molecule has 1 aromatic carbocycles. The van der Waals surface area contributed by atoms with Gasteiger partial charge in [0.15, 0.2) is 11.5 Å². The highest BCUT2D eigenvalue weighted by molar-refractivity contribution is 5.93. The number of unbranched alkanes of at least 4 members (excludes halogenated alkanes) is 10. The van der Waals surface area contributed by atoms with Crippen LogP contribution in [-0.4, -0.2) is 26.3 Å². The van der Waals surface area contributed by atoms with Crippen LogP contribution in [-0.2, 0) is 4.74 Å². The van der Waals surface area contributed by atoms with Gasteiger partial charge in [-0.25, -0.2) is 4.79 Å². The van der Waals surface area contributed by atoms with Crippen molar-refractivity contribution < 1.29 is 19.0 Å². The predicted molar refractivity (Wildman–Crippen MR) is 116 cm³/mol. The molecule has 0 atom stereocenters. The van der Waals surface area contributed by atoms with Gasteiger partial charge in [0.05, 0.1) is 20.3 Å². The van der Waals surface area contributed by atoms with E-state index in [0.717, 1.165) is 19.3 Å². The molecular formula is C24H40O4. The Morgan fingerprint density at radius 1 is 0.750 bits per heavy atom. The molecule has 0 N–H and O–H groups in total. The van der Waals surface area contributed by atoms with Gasteiger partial charge < -0.3 is 14.2 Å². The third kappa shape index (κ3) is 10.0. The van der Waals surface area contributed by atoms with Crippen LogP contribution in [0, 0.1) is 0 Å². The van der Waals surface area contributed by atoms with Crippen LogP contribution < -0.4 is 9.47 Å². The first-order valence-corrected chi connectivity index (χ1v) is 11.2. The maximum atomic E-state index is 12.1. The Morgan fingerprint density at radius 3 is 1.86 bits per heavy atom. The Bertz CT molecular complexity index is 527. The highest BCUT2D eigenvalue weighted by Crippen LogP contribution is 2.32. The summed E-state index contributed by atoms with van der Waals surface area (Å²) in [6, 6.07) is 5.43. The van der Waals surface area contributed by atoms with Gasteiger partial charge in [0.25, 0.3) is 0 Å². The summed E-state index contributed by atoms with van der Waals surface area (Å²) in [5, 5.41) is 0. The Morgan fingerprint density at radius 2 is 1.29 bits per heavy atom. The molecule has 0 bridgehead atoms. The molecule has 0 saturated carbocycles. The number of hydrogen-bond acceptors (Lipinski definition) is 4. The maximum absolute atomic E-state index is 12.1. The standard InChI is InChI=1S/C24H40O4/c1-4-6-8-10-12-14-19-27-22-18-16-17-21(24(25)26-3)23(22)28-20-15-13-11-9-7-5-2/h16-18H,4-15,19-20H2,1-3H3. The lowest BCUT2D eigenvalue weighted by atomic mass is 10.1. The van der Waals surface area contributed by atoms with Crippen LogP contribution in [0.2, 0.25) is 0 Å². The van der Waals surface area contributed by atoms with Crippen LogP contribution >= 0.6 is 0 Å². The summed E-state index contributed by atoms with van der Waals surface area (Å²) >= 11 is 0. The van der Waals surface area contributed by atoms with Gasteiger partial charge in [-0.15, -0.1) is 0 Å². The number of hydrogen-bond donors (Lipinski definition) is 0. The zero-order chi connectivity index (χ0) is 20.5. The smallest absolute Gasteiger partial charge is 0.341 e. The van der Waals surface area contributed by atoms with E-state index in [9.17, 15) is 4.79 Å². The summed E-state index contributed by atoms with van der Waals surface area (Å²) in [7, 11) is 1.39. The first-order chi connectivity index (χ1) is 13.7. The molecule has 0 unspecified atom stereocenters. The van der Waals surface area contributed by atoms with Crippen molar-refractivity contribution in [2.75, 3.05) is 20.3 Å². The van der Waals surface area contributed by atoms with Gasteiger partial charge in [-0.2, -0.15) is 0 Å². The lowest BCUT2D eigenvalue weighted by molar-refractivity contribution is 0.0594. The van der Waals surface area contributed by atoms with Crippen LogP contribution in [0.1, 0.15) is 101 Å². The van der Waals surface area contributed by atoms with E-state index < -0.39 is 0 Å². The fourth-order valence-electron chi connectivity index (χ4n) is 3.17. The van der Waals surface area contributed by atoms with E-state index in [1.807, 2.05) is 12.1 Å². The summed E-state index contributed by atoms with van der Waals surface area (Å²) < 4.78 is 16.8. The van der Waals surface area contributed by atoms with Gasteiger partial charge in [-0.1, -0.05) is 84.1 Å². The van der Waals surface area contributed by atoms with Gasteiger partial charge in [-0.05, 0) is 25.0 Å². The van der Waals surface area contributed by atoms with Gasteiger partial charge in [0.1, 0.15) is 5.56 Å². The molecule has 0 radical (unpaired) electrons. The van der Waals surface area contributed by atoms with Crippen molar-refractivity contribution in [3.8, 4) is 11.5 Å². The second-order valence-corrected chi connectivity index (χ2v) is 7.36. The van der Waals surface area contributed by atoms with Gasteiger partial charge >= 0.3 is 5.97 Å². The molecular weight excluding hydrogens is 352 g/mol. The van der Waals surface area contributed by atoms with Crippen molar-refractivity contribution in [1.82, 2.24) is 0 Å². The van der Waals surface area contributed by atoms with Crippen LogP contribution in [0.5, 0.6) is 11.5 Å². The fourth-order valence-corrected chi connectivity index (χ4v) is 3.17. The minimum atomic E-state index is -0.386. The van der Waals surface area contributed by atoms with Crippen molar-refractivity contribution in [2.45, 2.75) is 90.9 Å². The number of benzene rings is 1. The predicted octanol–water partition coefficient (Wildman–Crippen LogP) is 6.95. The van der Waals surface area contributed by atoms with E-state index in [-0.39, 0.29) is 5.97 Å². The third-order valence-electron chi connectivity index (χ3n) is 4.88. The molecule has 0 aliphatic carbocycles. The number of ether oxygens (including phenoxy) is 3. The Balaban J connectivity index is 2.53. The largest absolute Gasteiger partial charge is 0.490 e. The first-order valence-electron chi connectivity index (χ1n) is 11.2. The zero-order valence-electron chi connectivity index (χ0n) is 18.3. The number of rotatable bonds is 17. The normalized spacial score (nSPS) is 10.7. The molecule has 0 spiro atoms. The topological polar surface area (TPSA) is 44.8 Å². The van der Waals surface area contributed by atoms with Gasteiger partial charge in [0, 0.05) is 0 Å².